The van der Waals surface area contributed by atoms with E-state index in [0.717, 1.165) is 18.9 Å². The number of hydrogen-bond acceptors (Lipinski definition) is 4. The average Bonchev–Trinajstić information content (AvgIpc) is 3.43. The molecule has 1 aromatic rings. The Morgan fingerprint density at radius 3 is 2.85 bits per heavy atom. The van der Waals surface area contributed by atoms with Crippen LogP contribution in [0.2, 0.25) is 0 Å². The molecule has 1 aliphatic rings. The summed E-state index contributed by atoms with van der Waals surface area (Å²) in [7, 11) is 1.63. The number of guanidine groups is 1. The summed E-state index contributed by atoms with van der Waals surface area (Å²) in [4.78, 5) is 7.95. The molecular weight excluding hydrogens is 349 g/mol. The summed E-state index contributed by atoms with van der Waals surface area (Å²) in [5.41, 5.74) is 0.521. The number of halogens is 3. The average molecular weight is 374 g/mol. The fourth-order valence-corrected chi connectivity index (χ4v) is 2.15. The molecule has 0 spiro atoms. The van der Waals surface area contributed by atoms with Crippen molar-refractivity contribution in [1.82, 2.24) is 15.6 Å². The molecule has 9 heteroatoms. The molecule has 0 saturated heterocycles. The molecule has 1 saturated carbocycles. The Labute approximate surface area is 151 Å². The highest BCUT2D eigenvalue weighted by atomic mass is 19.4. The summed E-state index contributed by atoms with van der Waals surface area (Å²) < 4.78 is 47.2. The first-order valence-corrected chi connectivity index (χ1v) is 8.63. The van der Waals surface area contributed by atoms with E-state index in [2.05, 4.69) is 20.6 Å². The van der Waals surface area contributed by atoms with E-state index in [-0.39, 0.29) is 12.4 Å². The molecule has 0 aromatic carbocycles. The molecule has 2 rings (SSSR count). The van der Waals surface area contributed by atoms with Crippen molar-refractivity contribution in [3.63, 3.8) is 0 Å². The van der Waals surface area contributed by atoms with Crippen molar-refractivity contribution in [3.8, 4) is 5.88 Å². The molecule has 6 nitrogen and oxygen atoms in total. The maximum atomic E-state index is 12.3. The van der Waals surface area contributed by atoms with Crippen molar-refractivity contribution in [1.29, 1.82) is 0 Å². The molecule has 0 amide bonds. The van der Waals surface area contributed by atoms with Gasteiger partial charge in [-0.2, -0.15) is 13.2 Å². The van der Waals surface area contributed by atoms with E-state index < -0.39 is 12.8 Å². The molecule has 0 bridgehead atoms. The van der Waals surface area contributed by atoms with Crippen LogP contribution >= 0.6 is 0 Å². The lowest BCUT2D eigenvalue weighted by molar-refractivity contribution is -0.154. The van der Waals surface area contributed by atoms with Crippen molar-refractivity contribution < 1.29 is 22.6 Å². The van der Waals surface area contributed by atoms with Crippen LogP contribution in [0.25, 0.3) is 0 Å². The maximum Gasteiger partial charge on any atom is 0.422 e. The van der Waals surface area contributed by atoms with Crippen LogP contribution in [0.5, 0.6) is 5.88 Å². The van der Waals surface area contributed by atoms with Crippen LogP contribution in [0.3, 0.4) is 0 Å². The maximum absolute atomic E-state index is 12.3. The lowest BCUT2D eigenvalue weighted by Gasteiger charge is -2.14. The van der Waals surface area contributed by atoms with E-state index in [4.69, 9.17) is 9.47 Å². The highest BCUT2D eigenvalue weighted by Crippen LogP contribution is 2.28. The van der Waals surface area contributed by atoms with Crippen LogP contribution in [-0.4, -0.2) is 50.5 Å². The van der Waals surface area contributed by atoms with Gasteiger partial charge in [0, 0.05) is 45.1 Å². The number of alkyl halides is 3. The minimum atomic E-state index is -4.40. The van der Waals surface area contributed by atoms with Gasteiger partial charge < -0.3 is 20.1 Å². The zero-order valence-corrected chi connectivity index (χ0v) is 14.8. The highest BCUT2D eigenvalue weighted by Gasteiger charge is 2.29. The van der Waals surface area contributed by atoms with Gasteiger partial charge in [0.2, 0.25) is 5.88 Å². The van der Waals surface area contributed by atoms with Crippen LogP contribution in [-0.2, 0) is 11.3 Å². The van der Waals surface area contributed by atoms with Crippen LogP contribution in [0.4, 0.5) is 13.2 Å². The third-order valence-corrected chi connectivity index (χ3v) is 3.70. The Bertz CT molecular complexity index is 577. The van der Waals surface area contributed by atoms with Gasteiger partial charge in [0.15, 0.2) is 12.6 Å². The minimum Gasteiger partial charge on any atom is -0.468 e. The van der Waals surface area contributed by atoms with E-state index in [9.17, 15) is 13.2 Å². The molecule has 0 atom stereocenters. The van der Waals surface area contributed by atoms with Crippen molar-refractivity contribution in [2.45, 2.75) is 32.0 Å². The molecule has 146 valence electrons. The Kier molecular flexibility index (Phi) is 7.96. The third kappa shape index (κ3) is 8.37. The van der Waals surface area contributed by atoms with E-state index >= 15 is 0 Å². The highest BCUT2D eigenvalue weighted by molar-refractivity contribution is 5.79. The van der Waals surface area contributed by atoms with Crippen LogP contribution in [0, 0.1) is 5.92 Å². The molecule has 0 unspecified atom stereocenters. The summed E-state index contributed by atoms with van der Waals surface area (Å²) in [6, 6.07) is 3.30. The molecule has 1 fully saturated rings. The number of rotatable bonds is 10. The predicted octanol–water partition coefficient (Wildman–Crippen LogP) is 2.50. The van der Waals surface area contributed by atoms with Gasteiger partial charge in [-0.1, -0.05) is 6.07 Å². The molecular formula is C17H25F3N4O2. The molecule has 0 aliphatic heterocycles. The number of nitrogens with zero attached hydrogens (tertiary/aromatic N) is 2. The molecule has 26 heavy (non-hydrogen) atoms. The molecule has 0 radical (unpaired) electrons. The topological polar surface area (TPSA) is 67.8 Å². The van der Waals surface area contributed by atoms with Crippen molar-refractivity contribution in [2.75, 3.05) is 33.4 Å². The first-order chi connectivity index (χ1) is 12.5. The Morgan fingerprint density at radius 2 is 2.15 bits per heavy atom. The second-order valence-electron chi connectivity index (χ2n) is 6.10. The quantitative estimate of drug-likeness (QED) is 0.374. The SMILES string of the molecule is CN=C(NCCCOCC1CC1)NCc1cccnc1OCC(F)(F)F. The predicted molar refractivity (Wildman–Crippen MR) is 92.1 cm³/mol. The largest absolute Gasteiger partial charge is 0.468 e. The second-order valence-corrected chi connectivity index (χ2v) is 6.10. The summed E-state index contributed by atoms with van der Waals surface area (Å²) in [6.07, 6.45) is 0.390. The minimum absolute atomic E-state index is 0.0405. The Morgan fingerprint density at radius 1 is 1.35 bits per heavy atom. The zero-order valence-electron chi connectivity index (χ0n) is 14.8. The fraction of sp³-hybridized carbons (Fsp3) is 0.647. The molecule has 1 heterocycles. The summed E-state index contributed by atoms with van der Waals surface area (Å²) in [6.45, 7) is 1.10. The van der Waals surface area contributed by atoms with Crippen molar-refractivity contribution in [3.05, 3.63) is 23.9 Å². The van der Waals surface area contributed by atoms with Crippen molar-refractivity contribution >= 4 is 5.96 Å². The standard InChI is InChI=1S/C17H25F3N4O2/c1-21-16(23-8-3-9-25-11-13-5-6-13)24-10-14-4-2-7-22-15(14)26-12-17(18,19)20/h2,4,7,13H,3,5-6,8-12H2,1H3,(H2,21,23,24). The monoisotopic (exact) mass is 374 g/mol. The van der Waals surface area contributed by atoms with Gasteiger partial charge in [0.25, 0.3) is 0 Å². The number of aromatic nitrogens is 1. The van der Waals surface area contributed by atoms with Gasteiger partial charge in [0.1, 0.15) is 0 Å². The first kappa shape index (κ1) is 20.3. The van der Waals surface area contributed by atoms with Gasteiger partial charge in [-0.15, -0.1) is 0 Å². The van der Waals surface area contributed by atoms with Crippen LogP contribution in [0.15, 0.2) is 23.3 Å². The summed E-state index contributed by atoms with van der Waals surface area (Å²) in [5.74, 6) is 1.27. The lowest BCUT2D eigenvalue weighted by Crippen LogP contribution is -2.37. The van der Waals surface area contributed by atoms with E-state index in [1.807, 2.05) is 0 Å². The molecule has 2 N–H and O–H groups in total. The normalized spacial score (nSPS) is 15.0. The Balaban J connectivity index is 1.69. The molecule has 1 aromatic heterocycles. The van der Waals surface area contributed by atoms with Crippen molar-refractivity contribution in [2.24, 2.45) is 10.9 Å². The lowest BCUT2D eigenvalue weighted by atomic mass is 10.2. The van der Waals surface area contributed by atoms with E-state index in [1.54, 1.807) is 19.2 Å². The van der Waals surface area contributed by atoms with Gasteiger partial charge >= 0.3 is 6.18 Å². The number of pyridine rings is 1. The summed E-state index contributed by atoms with van der Waals surface area (Å²) >= 11 is 0. The number of ether oxygens (including phenoxy) is 2. The smallest absolute Gasteiger partial charge is 0.422 e. The van der Waals surface area contributed by atoms with Crippen LogP contribution in [0.1, 0.15) is 24.8 Å². The zero-order chi connectivity index (χ0) is 18.8. The third-order valence-electron chi connectivity index (χ3n) is 3.70. The van der Waals surface area contributed by atoms with E-state index in [1.165, 1.54) is 19.0 Å². The molecule has 1 aliphatic carbocycles. The van der Waals surface area contributed by atoms with Gasteiger partial charge in [-0.25, -0.2) is 4.98 Å². The van der Waals surface area contributed by atoms with E-state index in [0.29, 0.717) is 24.7 Å². The van der Waals surface area contributed by atoms with Gasteiger partial charge in [-0.05, 0) is 31.2 Å². The van der Waals surface area contributed by atoms with Crippen LogP contribution < -0.4 is 15.4 Å². The summed E-state index contributed by atoms with van der Waals surface area (Å²) in [5, 5.41) is 6.18. The van der Waals surface area contributed by atoms with Gasteiger partial charge in [-0.3, -0.25) is 4.99 Å². The fourth-order valence-electron chi connectivity index (χ4n) is 2.15. The Hall–Kier alpha value is -2.03. The first-order valence-electron chi connectivity index (χ1n) is 8.63. The second kappa shape index (κ2) is 10.2. The number of hydrogen-bond donors (Lipinski definition) is 2. The number of nitrogens with one attached hydrogen (secondary N) is 2. The number of aliphatic imine (C=N–C) groups is 1. The van der Waals surface area contributed by atoms with Gasteiger partial charge in [0.05, 0.1) is 0 Å².